The number of pyridine rings is 1. The van der Waals surface area contributed by atoms with Crippen LogP contribution in [0.15, 0.2) is 24.3 Å². The Kier molecular flexibility index (Phi) is 7.91. The number of anilines is 1. The van der Waals surface area contributed by atoms with E-state index in [-0.39, 0.29) is 91.1 Å². The first kappa shape index (κ1) is 31.7. The molecule has 3 saturated heterocycles. The number of hydrogen-bond donors (Lipinski definition) is 0. The number of alkyl halides is 2. The Labute approximate surface area is 266 Å². The molecule has 2 aromatic rings. The van der Waals surface area contributed by atoms with Crippen molar-refractivity contribution in [3.63, 3.8) is 0 Å². The van der Waals surface area contributed by atoms with E-state index in [4.69, 9.17) is 26.1 Å². The molecule has 4 aliphatic rings. The van der Waals surface area contributed by atoms with Crippen molar-refractivity contribution in [3.8, 4) is 17.0 Å². The third-order valence-electron chi connectivity index (χ3n) is 9.06. The number of aromatic nitrogens is 1. The van der Waals surface area contributed by atoms with Crippen LogP contribution in [-0.4, -0.2) is 107 Å². The molecule has 244 valence electrons. The summed E-state index contributed by atoms with van der Waals surface area (Å²) in [6, 6.07) is 5.39. The molecule has 9 nitrogen and oxygen atoms in total. The van der Waals surface area contributed by atoms with Crippen molar-refractivity contribution in [1.29, 1.82) is 0 Å². The van der Waals surface area contributed by atoms with Gasteiger partial charge < -0.3 is 24.2 Å². The van der Waals surface area contributed by atoms with Crippen LogP contribution >= 0.6 is 11.6 Å². The summed E-state index contributed by atoms with van der Waals surface area (Å²) in [7, 11) is 0. The molecule has 0 aliphatic carbocycles. The second-order valence-electron chi connectivity index (χ2n) is 14.0. The minimum atomic E-state index is -2.74. The maximum absolute atomic E-state index is 15.2. The van der Waals surface area contributed by atoms with Gasteiger partial charge in [-0.1, -0.05) is 23.7 Å². The van der Waals surface area contributed by atoms with Gasteiger partial charge in [0.2, 0.25) is 0 Å². The van der Waals surface area contributed by atoms with Gasteiger partial charge in [0.15, 0.2) is 5.75 Å². The molecule has 0 spiro atoms. The lowest BCUT2D eigenvalue weighted by atomic mass is 9.98. The predicted molar refractivity (Wildman–Crippen MR) is 164 cm³/mol. The Morgan fingerprint density at radius 3 is 2.51 bits per heavy atom. The predicted octanol–water partition coefficient (Wildman–Crippen LogP) is 5.69. The zero-order valence-corrected chi connectivity index (χ0v) is 27.0. The molecule has 0 bridgehead atoms. The third kappa shape index (κ3) is 6.03. The van der Waals surface area contributed by atoms with Crippen LogP contribution in [0.2, 0.25) is 5.02 Å². The topological polar surface area (TPSA) is 78.5 Å². The van der Waals surface area contributed by atoms with E-state index in [0.717, 1.165) is 0 Å². The monoisotopic (exact) mass is 649 g/mol. The highest BCUT2D eigenvalue weighted by atomic mass is 35.5. The van der Waals surface area contributed by atoms with Gasteiger partial charge in [-0.15, -0.1) is 0 Å². The van der Waals surface area contributed by atoms with Gasteiger partial charge in [0, 0.05) is 56.3 Å². The number of halogens is 4. The lowest BCUT2D eigenvalue weighted by Crippen LogP contribution is -2.58. The van der Waals surface area contributed by atoms with Gasteiger partial charge >= 0.3 is 6.09 Å². The first-order valence-electron chi connectivity index (χ1n) is 15.3. The molecule has 4 aliphatic heterocycles. The van der Waals surface area contributed by atoms with Gasteiger partial charge in [-0.05, 0) is 53.2 Å². The molecule has 6 rings (SSSR count). The summed E-state index contributed by atoms with van der Waals surface area (Å²) in [5.74, 6) is -3.29. The van der Waals surface area contributed by atoms with Gasteiger partial charge in [-0.3, -0.25) is 9.69 Å². The van der Waals surface area contributed by atoms with E-state index >= 15 is 4.39 Å². The Morgan fingerprint density at radius 2 is 1.84 bits per heavy atom. The van der Waals surface area contributed by atoms with Gasteiger partial charge in [0.25, 0.3) is 11.8 Å². The van der Waals surface area contributed by atoms with E-state index in [1.54, 1.807) is 53.7 Å². The molecule has 2 amide bonds. The number of benzene rings is 1. The zero-order chi connectivity index (χ0) is 32.5. The first-order chi connectivity index (χ1) is 21.0. The highest BCUT2D eigenvalue weighted by Crippen LogP contribution is 2.47. The summed E-state index contributed by atoms with van der Waals surface area (Å²) in [6.45, 7) is 10.3. The summed E-state index contributed by atoms with van der Waals surface area (Å²) in [4.78, 5) is 39.2. The van der Waals surface area contributed by atoms with Gasteiger partial charge in [-0.25, -0.2) is 22.9 Å². The number of piperazine rings is 1. The summed E-state index contributed by atoms with van der Waals surface area (Å²) >= 11 is 6.91. The molecule has 2 atom stereocenters. The van der Waals surface area contributed by atoms with Crippen molar-refractivity contribution < 1.29 is 32.2 Å². The number of fused-ring (bicyclic) bond motifs is 2. The summed E-state index contributed by atoms with van der Waals surface area (Å²) in [5, 5.41) is 0.00350. The highest BCUT2D eigenvalue weighted by Gasteiger charge is 2.49. The van der Waals surface area contributed by atoms with Crippen molar-refractivity contribution in [2.24, 2.45) is 0 Å². The molecule has 0 saturated carbocycles. The van der Waals surface area contributed by atoms with Crippen LogP contribution < -0.4 is 9.64 Å². The van der Waals surface area contributed by atoms with Crippen LogP contribution in [0.25, 0.3) is 11.3 Å². The van der Waals surface area contributed by atoms with Crippen LogP contribution in [0.5, 0.6) is 5.75 Å². The number of carbonyl (C=O) groups excluding carboxylic acids is 2. The summed E-state index contributed by atoms with van der Waals surface area (Å²) in [6.07, 6.45) is -0.113. The van der Waals surface area contributed by atoms with Crippen molar-refractivity contribution in [3.05, 3.63) is 40.7 Å². The van der Waals surface area contributed by atoms with Crippen LogP contribution in [0.3, 0.4) is 0 Å². The molecule has 1 aromatic heterocycles. The summed E-state index contributed by atoms with van der Waals surface area (Å²) < 4.78 is 55.4. The van der Waals surface area contributed by atoms with Crippen molar-refractivity contribution in [2.75, 3.05) is 50.8 Å². The average molecular weight is 650 g/mol. The molecular formula is C32H39ClF3N5O4. The molecule has 45 heavy (non-hydrogen) atoms. The van der Waals surface area contributed by atoms with E-state index in [1.807, 2.05) is 18.7 Å². The number of ether oxygens (including phenoxy) is 2. The lowest BCUT2D eigenvalue weighted by Gasteiger charge is -2.40. The van der Waals surface area contributed by atoms with E-state index in [9.17, 15) is 18.4 Å². The minimum Gasteiger partial charge on any atom is -0.489 e. The van der Waals surface area contributed by atoms with Crippen molar-refractivity contribution >= 4 is 29.4 Å². The molecule has 1 aromatic carbocycles. The zero-order valence-electron chi connectivity index (χ0n) is 26.2. The fourth-order valence-corrected chi connectivity index (χ4v) is 7.16. The molecule has 3 fully saturated rings. The Morgan fingerprint density at radius 1 is 1.11 bits per heavy atom. The fourth-order valence-electron chi connectivity index (χ4n) is 6.87. The molecule has 0 N–H and O–H groups in total. The molecule has 13 heteroatoms. The maximum atomic E-state index is 15.2. The highest BCUT2D eigenvalue weighted by molar-refractivity contribution is 6.35. The maximum Gasteiger partial charge on any atom is 0.410 e. The molecular weight excluding hydrogens is 611 g/mol. The first-order valence-corrected chi connectivity index (χ1v) is 15.7. The van der Waals surface area contributed by atoms with Crippen molar-refractivity contribution in [2.45, 2.75) is 76.6 Å². The number of nitrogens with zero attached hydrogens (tertiary/aromatic N) is 5. The normalized spacial score (nSPS) is 24.6. The average Bonchev–Trinajstić information content (AvgIpc) is 3.43. The van der Waals surface area contributed by atoms with Crippen LogP contribution in [0.4, 0.5) is 23.8 Å². The SMILES string of the molecule is CC(C)(C)OC(=O)N1CCN2C(=O)c3c(N4CC(N5CCC(F)(F)C5)CC4(C)C)nc(-c4ccccc4F)c(Cl)c3OC[C@H]2C1. The number of amides is 2. The van der Waals surface area contributed by atoms with E-state index in [2.05, 4.69) is 0 Å². The number of rotatable bonds is 3. The fraction of sp³-hybridized carbons (Fsp3) is 0.594. The Balaban J connectivity index is 1.41. The quantitative estimate of drug-likeness (QED) is 0.423. The Hall–Kier alpha value is -3.25. The van der Waals surface area contributed by atoms with Gasteiger partial charge in [0.05, 0.1) is 18.3 Å². The standard InChI is InChI=1S/C32H39ClF3N5O4/c1-30(2,3)45-29(43)38-12-13-40-20(15-38)17-44-26-23(28(40)42)27(37-25(24(26)33)21-8-6-7-9-22(21)34)41-16-19(14-31(41,4)5)39-11-10-32(35,36)18-39/h6-9,19-20H,10-18H2,1-5H3/t19?,20-/m1/s1. The number of likely N-dealkylation sites (tertiary alicyclic amines) is 1. The molecule has 1 unspecified atom stereocenters. The van der Waals surface area contributed by atoms with E-state index in [0.29, 0.717) is 13.0 Å². The smallest absolute Gasteiger partial charge is 0.410 e. The van der Waals surface area contributed by atoms with Gasteiger partial charge in [0.1, 0.15) is 34.4 Å². The van der Waals surface area contributed by atoms with Gasteiger partial charge in [-0.2, -0.15) is 0 Å². The molecule has 5 heterocycles. The number of carbonyl (C=O) groups is 2. The largest absolute Gasteiger partial charge is 0.489 e. The summed E-state index contributed by atoms with van der Waals surface area (Å²) in [5.41, 5.74) is -0.853. The molecule has 0 radical (unpaired) electrons. The van der Waals surface area contributed by atoms with E-state index in [1.165, 1.54) is 6.07 Å². The Bertz CT molecular complexity index is 1520. The lowest BCUT2D eigenvalue weighted by molar-refractivity contribution is 0.000924. The number of hydrogen-bond acceptors (Lipinski definition) is 7. The van der Waals surface area contributed by atoms with Crippen molar-refractivity contribution in [1.82, 2.24) is 19.7 Å². The van der Waals surface area contributed by atoms with Crippen LogP contribution in [0, 0.1) is 5.82 Å². The third-order valence-corrected chi connectivity index (χ3v) is 9.41. The van der Waals surface area contributed by atoms with Crippen LogP contribution in [-0.2, 0) is 4.74 Å². The van der Waals surface area contributed by atoms with Crippen LogP contribution in [0.1, 0.15) is 57.8 Å². The second-order valence-corrected chi connectivity index (χ2v) is 14.4. The minimum absolute atomic E-state index is 0.00350. The second kappa shape index (κ2) is 11.2. The van der Waals surface area contributed by atoms with E-state index < -0.39 is 35.0 Å².